The highest BCUT2D eigenvalue weighted by Crippen LogP contribution is 2.27. The summed E-state index contributed by atoms with van der Waals surface area (Å²) in [4.78, 5) is 44.2. The molecule has 2 unspecified atom stereocenters. The summed E-state index contributed by atoms with van der Waals surface area (Å²) in [6, 6.07) is -0.389. The van der Waals surface area contributed by atoms with E-state index < -0.39 is 5.92 Å². The molecule has 0 saturated carbocycles. The fourth-order valence-corrected chi connectivity index (χ4v) is 3.85. The number of imide groups is 1. The van der Waals surface area contributed by atoms with Gasteiger partial charge in [0.2, 0.25) is 5.71 Å². The molecule has 0 aliphatic carbocycles. The molecule has 3 heterocycles. The molecular formula is C18H25N4O4+. The number of aliphatic imine (C=N–C) groups is 1. The zero-order chi connectivity index (χ0) is 19.0. The van der Waals surface area contributed by atoms with E-state index in [1.165, 1.54) is 11.9 Å². The molecule has 2 atom stereocenters. The predicted molar refractivity (Wildman–Crippen MR) is 95.0 cm³/mol. The summed E-state index contributed by atoms with van der Waals surface area (Å²) in [5.41, 5.74) is 1.72. The van der Waals surface area contributed by atoms with Crippen molar-refractivity contribution in [2.75, 3.05) is 33.8 Å². The molecule has 2 saturated heterocycles. The average Bonchev–Trinajstić information content (AvgIpc) is 2.64. The maximum absolute atomic E-state index is 12.9. The van der Waals surface area contributed by atoms with Gasteiger partial charge in [-0.05, 0) is 20.3 Å². The second kappa shape index (κ2) is 7.01. The molecule has 0 aromatic rings. The Morgan fingerprint density at radius 2 is 2.08 bits per heavy atom. The number of rotatable bonds is 2. The number of hydrogen-bond acceptors (Lipinski definition) is 5. The number of hydrogen-bond donors (Lipinski definition) is 0. The molecule has 3 rings (SSSR count). The molecule has 140 valence electrons. The van der Waals surface area contributed by atoms with Gasteiger partial charge in [-0.3, -0.25) is 19.4 Å². The lowest BCUT2D eigenvalue weighted by molar-refractivity contribution is -0.544. The Hall–Kier alpha value is -2.51. The Morgan fingerprint density at radius 1 is 1.35 bits per heavy atom. The van der Waals surface area contributed by atoms with E-state index in [1.807, 2.05) is 6.92 Å². The van der Waals surface area contributed by atoms with Crippen molar-refractivity contribution in [3.8, 4) is 0 Å². The number of carbonyl (C=O) groups excluding carboxylic acids is 3. The van der Waals surface area contributed by atoms with Gasteiger partial charge in [0.15, 0.2) is 12.5 Å². The molecule has 8 nitrogen and oxygen atoms in total. The highest BCUT2D eigenvalue weighted by atomic mass is 16.5. The van der Waals surface area contributed by atoms with Gasteiger partial charge in [0.1, 0.15) is 18.3 Å². The maximum Gasteiger partial charge on any atom is 0.331 e. The second-order valence-electron chi connectivity index (χ2n) is 6.89. The largest absolute Gasteiger partial charge is 0.466 e. The van der Waals surface area contributed by atoms with Gasteiger partial charge in [-0.1, -0.05) is 0 Å². The quantitative estimate of drug-likeness (QED) is 0.540. The Morgan fingerprint density at radius 3 is 2.77 bits per heavy atom. The van der Waals surface area contributed by atoms with Gasteiger partial charge < -0.3 is 4.74 Å². The molecule has 0 bridgehead atoms. The summed E-state index contributed by atoms with van der Waals surface area (Å²) in [5, 5.41) is 0. The van der Waals surface area contributed by atoms with Crippen LogP contribution in [-0.4, -0.2) is 77.6 Å². The minimum atomic E-state index is -0.617. The van der Waals surface area contributed by atoms with Crippen LogP contribution in [-0.2, 0) is 14.3 Å². The van der Waals surface area contributed by atoms with Gasteiger partial charge in [0.05, 0.1) is 6.61 Å². The summed E-state index contributed by atoms with van der Waals surface area (Å²) in [5.74, 6) is -0.858. The predicted octanol–water partition coefficient (Wildman–Crippen LogP) is 0.869. The lowest BCUT2D eigenvalue weighted by Crippen LogP contribution is -2.61. The van der Waals surface area contributed by atoms with Crippen LogP contribution in [0.2, 0.25) is 0 Å². The van der Waals surface area contributed by atoms with Gasteiger partial charge in [-0.2, -0.15) is 0 Å². The minimum absolute atomic E-state index is 0.191. The first-order chi connectivity index (χ1) is 12.4. The van der Waals surface area contributed by atoms with Crippen LogP contribution in [0.5, 0.6) is 0 Å². The molecule has 0 spiro atoms. The van der Waals surface area contributed by atoms with E-state index in [9.17, 15) is 14.4 Å². The zero-order valence-corrected chi connectivity index (χ0v) is 15.7. The summed E-state index contributed by atoms with van der Waals surface area (Å²) >= 11 is 0. The molecule has 3 amide bonds. The van der Waals surface area contributed by atoms with Crippen molar-refractivity contribution in [1.82, 2.24) is 9.80 Å². The molecule has 0 aromatic carbocycles. The van der Waals surface area contributed by atoms with Crippen LogP contribution in [0.15, 0.2) is 16.8 Å². The van der Waals surface area contributed by atoms with Crippen molar-refractivity contribution in [3.63, 3.8) is 0 Å². The van der Waals surface area contributed by atoms with Crippen molar-refractivity contribution >= 4 is 29.5 Å². The first kappa shape index (κ1) is 18.3. The van der Waals surface area contributed by atoms with E-state index in [4.69, 9.17) is 4.74 Å². The third-order valence-electron chi connectivity index (χ3n) is 5.20. The molecule has 8 heteroatoms. The maximum atomic E-state index is 12.9. The van der Waals surface area contributed by atoms with Gasteiger partial charge in [0, 0.05) is 32.3 Å². The number of amides is 3. The summed E-state index contributed by atoms with van der Waals surface area (Å²) in [7, 11) is 3.11. The van der Waals surface area contributed by atoms with Crippen molar-refractivity contribution in [1.29, 1.82) is 0 Å². The van der Waals surface area contributed by atoms with Crippen LogP contribution < -0.4 is 0 Å². The van der Waals surface area contributed by atoms with Gasteiger partial charge >= 0.3 is 12.0 Å². The molecule has 0 radical (unpaired) electrons. The first-order valence-corrected chi connectivity index (χ1v) is 8.95. The van der Waals surface area contributed by atoms with Gasteiger partial charge in [0.25, 0.3) is 5.91 Å². The number of urea groups is 1. The van der Waals surface area contributed by atoms with E-state index in [-0.39, 0.29) is 23.8 Å². The Balaban J connectivity index is 2.00. The number of amidine groups is 1. The fraction of sp³-hybridized carbons (Fsp3) is 0.611. The molecule has 26 heavy (non-hydrogen) atoms. The van der Waals surface area contributed by atoms with Crippen LogP contribution in [0.1, 0.15) is 26.7 Å². The van der Waals surface area contributed by atoms with Crippen molar-refractivity contribution in [3.05, 3.63) is 11.8 Å². The normalized spacial score (nSPS) is 29.2. The summed E-state index contributed by atoms with van der Waals surface area (Å²) < 4.78 is 7.27. The van der Waals surface area contributed by atoms with Crippen LogP contribution >= 0.6 is 0 Å². The molecule has 2 fully saturated rings. The number of fused-ring (bicyclic) bond motifs is 1. The number of allylic oxidation sites excluding steroid dienone is 1. The SMILES string of the molecule is CCOC(=O)C1CCC[N+](=C2C(C)=CN=C3C2C(=O)N(C)C(=O)N3C)C1. The number of esters is 1. The third-order valence-corrected chi connectivity index (χ3v) is 5.20. The fourth-order valence-electron chi connectivity index (χ4n) is 3.85. The van der Waals surface area contributed by atoms with Crippen LogP contribution in [0, 0.1) is 11.8 Å². The van der Waals surface area contributed by atoms with E-state index in [1.54, 1.807) is 20.2 Å². The monoisotopic (exact) mass is 361 g/mol. The standard InChI is InChI=1S/C18H25N4O4/c1-5-26-17(24)12-7-6-8-22(10-12)14-11(2)9-19-15-13(14)16(23)21(4)18(25)20(15)3/h9,12-13H,5-8,10H2,1-4H3/q+1. The van der Waals surface area contributed by atoms with Gasteiger partial charge in [-0.15, -0.1) is 0 Å². The van der Waals surface area contributed by atoms with Gasteiger partial charge in [-0.25, -0.2) is 14.4 Å². The molecule has 0 N–H and O–H groups in total. The van der Waals surface area contributed by atoms with Crippen LogP contribution in [0.25, 0.3) is 0 Å². The third kappa shape index (κ3) is 2.93. The Labute approximate surface area is 152 Å². The first-order valence-electron chi connectivity index (χ1n) is 8.95. The molecular weight excluding hydrogens is 336 g/mol. The number of ether oxygens (including phenoxy) is 1. The van der Waals surface area contributed by atoms with E-state index in [0.29, 0.717) is 19.0 Å². The molecule has 3 aliphatic heterocycles. The van der Waals surface area contributed by atoms with E-state index in [0.717, 1.165) is 35.6 Å². The van der Waals surface area contributed by atoms with Crippen LogP contribution in [0.3, 0.4) is 0 Å². The topological polar surface area (TPSA) is 82.3 Å². The smallest absolute Gasteiger partial charge is 0.331 e. The number of carbonyl (C=O) groups is 3. The number of nitrogens with zero attached hydrogens (tertiary/aromatic N) is 4. The molecule has 0 aromatic heterocycles. The minimum Gasteiger partial charge on any atom is -0.466 e. The average molecular weight is 361 g/mol. The van der Waals surface area contributed by atoms with Crippen LogP contribution in [0.4, 0.5) is 4.79 Å². The lowest BCUT2D eigenvalue weighted by atomic mass is 9.89. The Bertz CT molecular complexity index is 752. The highest BCUT2D eigenvalue weighted by Gasteiger charge is 2.49. The zero-order valence-electron chi connectivity index (χ0n) is 15.7. The van der Waals surface area contributed by atoms with E-state index >= 15 is 0 Å². The van der Waals surface area contributed by atoms with Crippen molar-refractivity contribution in [2.45, 2.75) is 26.7 Å². The van der Waals surface area contributed by atoms with Crippen molar-refractivity contribution < 1.29 is 23.7 Å². The number of piperidine rings is 1. The lowest BCUT2D eigenvalue weighted by Gasteiger charge is -2.37. The summed E-state index contributed by atoms with van der Waals surface area (Å²) in [6.45, 7) is 5.34. The molecule has 3 aliphatic rings. The summed E-state index contributed by atoms with van der Waals surface area (Å²) in [6.07, 6.45) is 3.32. The second-order valence-corrected chi connectivity index (χ2v) is 6.89. The van der Waals surface area contributed by atoms with E-state index in [2.05, 4.69) is 9.57 Å². The van der Waals surface area contributed by atoms with Crippen molar-refractivity contribution in [2.24, 2.45) is 16.8 Å². The Kier molecular flexibility index (Phi) is 4.93. The highest BCUT2D eigenvalue weighted by molar-refractivity contribution is 6.31.